The number of pyridine rings is 1. The van der Waals surface area contributed by atoms with E-state index in [0.29, 0.717) is 12.4 Å². The Morgan fingerprint density at radius 1 is 1.21 bits per heavy atom. The number of aromatic nitrogens is 3. The van der Waals surface area contributed by atoms with E-state index in [1.807, 2.05) is 19.1 Å². The van der Waals surface area contributed by atoms with Gasteiger partial charge in [0.25, 0.3) is 0 Å². The first-order valence-corrected chi connectivity index (χ1v) is 10.4. The molecule has 0 radical (unpaired) electrons. The maximum Gasteiger partial charge on any atom is 0.222 e. The quantitative estimate of drug-likeness (QED) is 0.692. The normalized spacial score (nSPS) is 15.1. The van der Waals surface area contributed by atoms with Gasteiger partial charge in [0.15, 0.2) is 0 Å². The molecule has 1 fully saturated rings. The molecule has 7 nitrogen and oxygen atoms in total. The van der Waals surface area contributed by atoms with Gasteiger partial charge < -0.3 is 10.2 Å². The Morgan fingerprint density at radius 3 is 2.66 bits per heavy atom. The number of nitrogens with one attached hydrogen (secondary N) is 1. The molecule has 0 aliphatic carbocycles. The number of alkyl halides is 1. The number of anilines is 2. The molecule has 1 amide bonds. The van der Waals surface area contributed by atoms with E-state index in [2.05, 4.69) is 37.4 Å². The number of halogens is 1. The van der Waals surface area contributed by atoms with Crippen LogP contribution in [-0.4, -0.2) is 65.4 Å². The Labute approximate surface area is 172 Å². The van der Waals surface area contributed by atoms with Crippen LogP contribution in [0.5, 0.6) is 0 Å². The van der Waals surface area contributed by atoms with Gasteiger partial charge in [-0.3, -0.25) is 9.69 Å². The van der Waals surface area contributed by atoms with Gasteiger partial charge in [0.05, 0.1) is 0 Å². The summed E-state index contributed by atoms with van der Waals surface area (Å²) < 4.78 is 12.6. The van der Waals surface area contributed by atoms with Crippen LogP contribution in [0.2, 0.25) is 0 Å². The van der Waals surface area contributed by atoms with Crippen LogP contribution < -0.4 is 10.2 Å². The molecule has 9 heteroatoms. The molecule has 2 aromatic heterocycles. The highest BCUT2D eigenvalue weighted by molar-refractivity contribution is 7.14. The van der Waals surface area contributed by atoms with Gasteiger partial charge in [-0.25, -0.2) is 9.37 Å². The Morgan fingerprint density at radius 2 is 2.00 bits per heavy atom. The molecular formula is C20H23FN6OS. The largest absolute Gasteiger partial charge is 0.353 e. The first kappa shape index (κ1) is 19.7. The fourth-order valence-corrected chi connectivity index (χ4v) is 4.26. The molecule has 0 atom stereocenters. The van der Waals surface area contributed by atoms with Crippen LogP contribution >= 0.6 is 11.3 Å². The van der Waals surface area contributed by atoms with Crippen LogP contribution in [0.25, 0.3) is 21.3 Å². The lowest BCUT2D eigenvalue weighted by Crippen LogP contribution is -2.47. The fourth-order valence-electron chi connectivity index (χ4n) is 3.57. The molecule has 0 unspecified atom stereocenters. The fraction of sp³-hybridized carbons (Fsp3) is 0.400. The number of aryl methyl sites for hydroxylation is 1. The number of hydrogen-bond donors (Lipinski definition) is 1. The lowest BCUT2D eigenvalue weighted by atomic mass is 10.1. The molecule has 152 valence electrons. The van der Waals surface area contributed by atoms with Crippen molar-refractivity contribution in [2.45, 2.75) is 13.8 Å². The highest BCUT2D eigenvalue weighted by atomic mass is 32.1. The second-order valence-electron chi connectivity index (χ2n) is 7.09. The van der Waals surface area contributed by atoms with Crippen molar-refractivity contribution in [3.8, 4) is 10.6 Å². The lowest BCUT2D eigenvalue weighted by molar-refractivity contribution is -0.114. The highest BCUT2D eigenvalue weighted by Gasteiger charge is 2.21. The van der Waals surface area contributed by atoms with E-state index in [9.17, 15) is 9.18 Å². The van der Waals surface area contributed by atoms with Crippen LogP contribution in [-0.2, 0) is 4.79 Å². The molecule has 1 N–H and O–H groups in total. The molecule has 0 saturated carbocycles. The average molecular weight is 415 g/mol. The SMILES string of the molecule is CC(=O)Nc1cc2cc(-c3nnc(C)s3)ccc2c(N2CCN(CCF)CC2)n1. The first-order chi connectivity index (χ1) is 14.0. The summed E-state index contributed by atoms with van der Waals surface area (Å²) in [6.07, 6.45) is 0. The van der Waals surface area contributed by atoms with Crippen molar-refractivity contribution in [1.29, 1.82) is 0 Å². The second kappa shape index (κ2) is 8.38. The number of carbonyl (C=O) groups excluding carboxylic acids is 1. The van der Waals surface area contributed by atoms with Gasteiger partial charge in [-0.15, -0.1) is 10.2 Å². The molecule has 1 aliphatic rings. The summed E-state index contributed by atoms with van der Waals surface area (Å²) in [5.74, 6) is 1.20. The second-order valence-corrected chi connectivity index (χ2v) is 8.27. The number of nitrogens with zero attached hydrogens (tertiary/aromatic N) is 5. The van der Waals surface area contributed by atoms with Crippen LogP contribution in [0, 0.1) is 6.92 Å². The number of piperazine rings is 1. The summed E-state index contributed by atoms with van der Waals surface area (Å²) in [5.41, 5.74) is 0.988. The van der Waals surface area contributed by atoms with E-state index in [-0.39, 0.29) is 12.6 Å². The predicted molar refractivity (Wildman–Crippen MR) is 114 cm³/mol. The van der Waals surface area contributed by atoms with Crippen molar-refractivity contribution in [2.24, 2.45) is 0 Å². The highest BCUT2D eigenvalue weighted by Crippen LogP contribution is 2.33. The number of carbonyl (C=O) groups is 1. The zero-order valence-corrected chi connectivity index (χ0v) is 17.3. The van der Waals surface area contributed by atoms with Crippen molar-refractivity contribution in [3.63, 3.8) is 0 Å². The zero-order valence-electron chi connectivity index (χ0n) is 16.5. The van der Waals surface area contributed by atoms with E-state index in [0.717, 1.165) is 58.3 Å². The van der Waals surface area contributed by atoms with E-state index in [4.69, 9.17) is 4.98 Å². The third-order valence-corrected chi connectivity index (χ3v) is 5.85. The topological polar surface area (TPSA) is 74.2 Å². The van der Waals surface area contributed by atoms with Gasteiger partial charge in [0.2, 0.25) is 5.91 Å². The smallest absolute Gasteiger partial charge is 0.222 e. The minimum Gasteiger partial charge on any atom is -0.353 e. The predicted octanol–water partition coefficient (Wildman–Crippen LogP) is 3.11. The van der Waals surface area contributed by atoms with Crippen molar-refractivity contribution < 1.29 is 9.18 Å². The van der Waals surface area contributed by atoms with Gasteiger partial charge in [-0.1, -0.05) is 17.4 Å². The molecule has 1 aromatic carbocycles. The molecule has 3 heterocycles. The summed E-state index contributed by atoms with van der Waals surface area (Å²) >= 11 is 1.55. The first-order valence-electron chi connectivity index (χ1n) is 9.59. The van der Waals surface area contributed by atoms with Crippen molar-refractivity contribution in [3.05, 3.63) is 29.3 Å². The molecule has 3 aromatic rings. The van der Waals surface area contributed by atoms with Gasteiger partial charge >= 0.3 is 0 Å². The molecule has 0 spiro atoms. The van der Waals surface area contributed by atoms with Crippen LogP contribution in [0.3, 0.4) is 0 Å². The number of amides is 1. The van der Waals surface area contributed by atoms with Crippen LogP contribution in [0.4, 0.5) is 16.0 Å². The summed E-state index contributed by atoms with van der Waals surface area (Å²) in [5, 5.41) is 14.9. The molecule has 4 rings (SSSR count). The Kier molecular flexibility index (Phi) is 5.68. The lowest BCUT2D eigenvalue weighted by Gasteiger charge is -2.35. The van der Waals surface area contributed by atoms with Crippen LogP contribution in [0.15, 0.2) is 24.3 Å². The summed E-state index contributed by atoms with van der Waals surface area (Å²) in [4.78, 5) is 20.7. The average Bonchev–Trinajstić information content (AvgIpc) is 3.14. The minimum absolute atomic E-state index is 0.161. The third kappa shape index (κ3) is 4.35. The van der Waals surface area contributed by atoms with Gasteiger partial charge in [0.1, 0.15) is 28.3 Å². The Balaban J connectivity index is 1.73. The number of hydrogen-bond acceptors (Lipinski definition) is 7. The molecule has 29 heavy (non-hydrogen) atoms. The monoisotopic (exact) mass is 414 g/mol. The van der Waals surface area contributed by atoms with Gasteiger partial charge in [-0.2, -0.15) is 0 Å². The summed E-state index contributed by atoms with van der Waals surface area (Å²) in [7, 11) is 0. The maximum absolute atomic E-state index is 12.6. The Bertz CT molecular complexity index is 1030. The van der Waals surface area contributed by atoms with E-state index >= 15 is 0 Å². The molecule has 0 bridgehead atoms. The summed E-state index contributed by atoms with van der Waals surface area (Å²) in [6, 6.07) is 8.03. The van der Waals surface area contributed by atoms with Crippen molar-refractivity contribution in [2.75, 3.05) is 49.6 Å². The number of benzene rings is 1. The third-order valence-electron chi connectivity index (χ3n) is 4.96. The zero-order chi connectivity index (χ0) is 20.4. The van der Waals surface area contributed by atoms with Crippen LogP contribution in [0.1, 0.15) is 11.9 Å². The number of rotatable bonds is 5. The van der Waals surface area contributed by atoms with Gasteiger partial charge in [-0.05, 0) is 30.5 Å². The van der Waals surface area contributed by atoms with E-state index < -0.39 is 0 Å². The molecular weight excluding hydrogens is 391 g/mol. The van der Waals surface area contributed by atoms with E-state index in [1.165, 1.54) is 6.92 Å². The molecule has 1 saturated heterocycles. The van der Waals surface area contributed by atoms with Gasteiger partial charge in [0, 0.05) is 50.6 Å². The van der Waals surface area contributed by atoms with Crippen molar-refractivity contribution in [1.82, 2.24) is 20.1 Å². The van der Waals surface area contributed by atoms with E-state index in [1.54, 1.807) is 11.3 Å². The number of fused-ring (bicyclic) bond motifs is 1. The minimum atomic E-state index is -0.326. The summed E-state index contributed by atoms with van der Waals surface area (Å²) in [6.45, 7) is 6.67. The maximum atomic E-state index is 12.6. The standard InChI is InChI=1S/C20H23FN6OS/c1-13(28)22-18-12-16-11-15(20-25-24-14(2)29-20)3-4-17(16)19(23-18)27-9-7-26(6-5-21)8-10-27/h3-4,11-12H,5-10H2,1-2H3,(H,22,23,28). The molecule has 1 aliphatic heterocycles. The Hall–Kier alpha value is -2.65. The van der Waals surface area contributed by atoms with Crippen molar-refractivity contribution >= 4 is 39.7 Å².